The Balaban J connectivity index is 2.55. The molecule has 1 saturated heterocycles. The van der Waals surface area contributed by atoms with E-state index in [2.05, 4.69) is 0 Å². The fraction of sp³-hybridized carbons (Fsp3) is 0.533. The molecule has 1 aromatic carbocycles. The highest BCUT2D eigenvalue weighted by atomic mass is 16.5. The highest BCUT2D eigenvalue weighted by Crippen LogP contribution is 2.37. The molecule has 1 atom stereocenters. The van der Waals surface area contributed by atoms with Crippen LogP contribution in [0.1, 0.15) is 30.9 Å². The number of aryl methyl sites for hydroxylation is 1. The molecule has 4 heteroatoms. The fourth-order valence-corrected chi connectivity index (χ4v) is 2.79. The molecule has 1 heterocycles. The maximum absolute atomic E-state index is 11.9. The van der Waals surface area contributed by atoms with Gasteiger partial charge in [-0.05, 0) is 51.9 Å². The van der Waals surface area contributed by atoms with Gasteiger partial charge >= 0.3 is 5.97 Å². The quantitative estimate of drug-likeness (QED) is 0.906. The first-order chi connectivity index (χ1) is 9.00. The van der Waals surface area contributed by atoms with Crippen molar-refractivity contribution >= 4 is 5.97 Å². The second-order valence-electron chi connectivity index (χ2n) is 5.28. The molecule has 1 N–H and O–H groups in total. The second-order valence-corrected chi connectivity index (χ2v) is 5.28. The molecule has 0 aliphatic carbocycles. The number of rotatable bonds is 4. The fourth-order valence-electron chi connectivity index (χ4n) is 2.79. The molecule has 4 nitrogen and oxygen atoms in total. The Morgan fingerprint density at radius 3 is 2.53 bits per heavy atom. The van der Waals surface area contributed by atoms with Gasteiger partial charge in [-0.1, -0.05) is 11.6 Å². The summed E-state index contributed by atoms with van der Waals surface area (Å²) in [5.41, 5.74) is 0.764. The molecule has 0 spiro atoms. The van der Waals surface area contributed by atoms with E-state index in [1.165, 1.54) is 0 Å². The number of carboxylic acid groups (broad SMARTS) is 1. The lowest BCUT2D eigenvalue weighted by atomic mass is 9.88. The first kappa shape index (κ1) is 13.9. The minimum atomic E-state index is -1.02. The van der Waals surface area contributed by atoms with Gasteiger partial charge in [0.2, 0.25) is 0 Å². The van der Waals surface area contributed by atoms with Gasteiger partial charge in [0.1, 0.15) is 11.3 Å². The molecule has 0 aromatic heterocycles. The third kappa shape index (κ3) is 2.32. The third-order valence-electron chi connectivity index (χ3n) is 4.03. The van der Waals surface area contributed by atoms with Gasteiger partial charge in [0, 0.05) is 5.56 Å². The summed E-state index contributed by atoms with van der Waals surface area (Å²) in [5, 5.41) is 9.76. The largest absolute Gasteiger partial charge is 0.496 e. The molecule has 104 valence electrons. The number of benzene rings is 1. The topological polar surface area (TPSA) is 49.8 Å². The van der Waals surface area contributed by atoms with E-state index >= 15 is 0 Å². The van der Waals surface area contributed by atoms with Crippen LogP contribution >= 0.6 is 0 Å². The number of hydrogen-bond donors (Lipinski definition) is 1. The number of nitrogens with zero attached hydrogens (tertiary/aromatic N) is 1. The zero-order valence-corrected chi connectivity index (χ0v) is 11.8. The lowest BCUT2D eigenvalue weighted by Crippen LogP contribution is -2.48. The van der Waals surface area contributed by atoms with Crippen LogP contribution in [0.2, 0.25) is 0 Å². The standard InChI is InChI=1S/C15H21NO3/c1-11-6-7-13(19-3)12(10-11)15(2,14(17)18)16-8-4-5-9-16/h6-7,10H,4-5,8-9H2,1-3H3,(H,17,18). The van der Waals surface area contributed by atoms with Gasteiger partial charge in [-0.3, -0.25) is 4.90 Å². The van der Waals surface area contributed by atoms with E-state index in [0.717, 1.165) is 37.1 Å². The predicted octanol–water partition coefficient (Wildman–Crippen LogP) is 2.40. The van der Waals surface area contributed by atoms with Gasteiger partial charge in [-0.15, -0.1) is 0 Å². The number of carbonyl (C=O) groups is 1. The van der Waals surface area contributed by atoms with Crippen LogP contribution in [0, 0.1) is 6.92 Å². The van der Waals surface area contributed by atoms with Crippen molar-refractivity contribution in [2.24, 2.45) is 0 Å². The smallest absolute Gasteiger partial charge is 0.328 e. The molecule has 1 aliphatic heterocycles. The molecule has 2 rings (SSSR count). The average Bonchev–Trinajstić information content (AvgIpc) is 2.91. The highest BCUT2D eigenvalue weighted by Gasteiger charge is 2.44. The minimum absolute atomic E-state index is 0.641. The summed E-state index contributed by atoms with van der Waals surface area (Å²) >= 11 is 0. The summed E-state index contributed by atoms with van der Waals surface area (Å²) in [7, 11) is 1.58. The van der Waals surface area contributed by atoms with Crippen LogP contribution < -0.4 is 4.74 Å². The molecule has 0 amide bonds. The zero-order chi connectivity index (χ0) is 14.0. The second kappa shape index (κ2) is 5.21. The van der Waals surface area contributed by atoms with Crippen LogP contribution in [0.4, 0.5) is 0 Å². The number of carboxylic acids is 1. The lowest BCUT2D eigenvalue weighted by molar-refractivity contribution is -0.150. The number of likely N-dealkylation sites (tertiary alicyclic amines) is 1. The van der Waals surface area contributed by atoms with Gasteiger partial charge in [0.15, 0.2) is 0 Å². The van der Waals surface area contributed by atoms with Crippen LogP contribution in [0.5, 0.6) is 5.75 Å². The Bertz CT molecular complexity index is 480. The van der Waals surface area contributed by atoms with Gasteiger partial charge < -0.3 is 9.84 Å². The van der Waals surface area contributed by atoms with Crippen LogP contribution in [0.15, 0.2) is 18.2 Å². The third-order valence-corrected chi connectivity index (χ3v) is 4.03. The molecule has 0 radical (unpaired) electrons. The summed E-state index contributed by atoms with van der Waals surface area (Å²) in [6, 6.07) is 5.71. The monoisotopic (exact) mass is 263 g/mol. The SMILES string of the molecule is COc1ccc(C)cc1C(C)(C(=O)O)N1CCCC1. The van der Waals surface area contributed by atoms with Crippen molar-refractivity contribution in [2.45, 2.75) is 32.2 Å². The van der Waals surface area contributed by atoms with Gasteiger partial charge in [-0.25, -0.2) is 4.79 Å². The Morgan fingerprint density at radius 1 is 1.37 bits per heavy atom. The predicted molar refractivity (Wildman–Crippen MR) is 73.5 cm³/mol. The first-order valence-electron chi connectivity index (χ1n) is 6.63. The molecule has 0 saturated carbocycles. The number of methoxy groups -OCH3 is 1. The molecular formula is C15H21NO3. The van der Waals surface area contributed by atoms with Gasteiger partial charge in [0.05, 0.1) is 7.11 Å². The number of hydrogen-bond acceptors (Lipinski definition) is 3. The minimum Gasteiger partial charge on any atom is -0.496 e. The average molecular weight is 263 g/mol. The maximum atomic E-state index is 11.9. The van der Waals surface area contributed by atoms with Crippen LogP contribution in [0.3, 0.4) is 0 Å². The number of aliphatic carboxylic acids is 1. The van der Waals surface area contributed by atoms with Gasteiger partial charge in [0.25, 0.3) is 0 Å². The summed E-state index contributed by atoms with van der Waals surface area (Å²) in [6.07, 6.45) is 2.11. The maximum Gasteiger partial charge on any atom is 0.328 e. The van der Waals surface area contributed by atoms with Crippen molar-refractivity contribution in [1.29, 1.82) is 0 Å². The van der Waals surface area contributed by atoms with Crippen molar-refractivity contribution < 1.29 is 14.6 Å². The Labute approximate surface area is 114 Å². The van der Waals surface area contributed by atoms with Gasteiger partial charge in [-0.2, -0.15) is 0 Å². The molecule has 1 unspecified atom stereocenters. The van der Waals surface area contributed by atoms with Crippen LogP contribution in [-0.2, 0) is 10.3 Å². The van der Waals surface area contributed by atoms with E-state index < -0.39 is 11.5 Å². The molecule has 1 aliphatic rings. The summed E-state index contributed by atoms with van der Waals surface area (Å²) < 4.78 is 5.37. The Morgan fingerprint density at radius 2 is 2.00 bits per heavy atom. The first-order valence-corrected chi connectivity index (χ1v) is 6.63. The zero-order valence-electron chi connectivity index (χ0n) is 11.8. The van der Waals surface area contributed by atoms with Crippen molar-refractivity contribution in [3.05, 3.63) is 29.3 Å². The van der Waals surface area contributed by atoms with E-state index in [9.17, 15) is 9.90 Å². The van der Waals surface area contributed by atoms with Crippen LogP contribution in [-0.4, -0.2) is 36.2 Å². The highest BCUT2D eigenvalue weighted by molar-refractivity contribution is 5.81. The van der Waals surface area contributed by atoms with E-state index in [1.807, 2.05) is 30.0 Å². The molecule has 1 aromatic rings. The number of ether oxygens (including phenoxy) is 1. The van der Waals surface area contributed by atoms with E-state index in [4.69, 9.17) is 4.74 Å². The molecular weight excluding hydrogens is 242 g/mol. The summed E-state index contributed by atoms with van der Waals surface area (Å²) in [6.45, 7) is 5.38. The molecule has 1 fully saturated rings. The van der Waals surface area contributed by atoms with E-state index in [1.54, 1.807) is 14.0 Å². The van der Waals surface area contributed by atoms with Crippen molar-refractivity contribution in [1.82, 2.24) is 4.90 Å². The van der Waals surface area contributed by atoms with E-state index in [-0.39, 0.29) is 0 Å². The van der Waals surface area contributed by atoms with Crippen molar-refractivity contribution in [3.63, 3.8) is 0 Å². The van der Waals surface area contributed by atoms with Crippen LogP contribution in [0.25, 0.3) is 0 Å². The molecule has 19 heavy (non-hydrogen) atoms. The lowest BCUT2D eigenvalue weighted by Gasteiger charge is -2.36. The normalized spacial score (nSPS) is 19.1. The van der Waals surface area contributed by atoms with Crippen molar-refractivity contribution in [2.75, 3.05) is 20.2 Å². The van der Waals surface area contributed by atoms with E-state index in [0.29, 0.717) is 5.75 Å². The van der Waals surface area contributed by atoms with Crippen molar-refractivity contribution in [3.8, 4) is 5.75 Å². The summed E-state index contributed by atoms with van der Waals surface area (Å²) in [5.74, 6) is -0.180. The Hall–Kier alpha value is -1.55. The molecule has 0 bridgehead atoms. The Kier molecular flexibility index (Phi) is 3.80. The summed E-state index contributed by atoms with van der Waals surface area (Å²) in [4.78, 5) is 13.9.